The van der Waals surface area contributed by atoms with Crippen LogP contribution in [0.3, 0.4) is 0 Å². The fraction of sp³-hybridized carbons (Fsp3) is 0.636. The lowest BCUT2D eigenvalue weighted by molar-refractivity contribution is -0.118. The van der Waals surface area contributed by atoms with Crippen LogP contribution in [-0.2, 0) is 11.8 Å². The predicted octanol–water partition coefficient (Wildman–Crippen LogP) is 0.645. The molecule has 0 aliphatic rings. The Kier molecular flexibility index (Phi) is 4.49. The maximum Gasteiger partial charge on any atom is 0.219 e. The van der Waals surface area contributed by atoms with Crippen LogP contribution >= 0.6 is 0 Å². The summed E-state index contributed by atoms with van der Waals surface area (Å²) in [5.41, 5.74) is 7.25. The maximum absolute atomic E-state index is 11.0. The molecule has 0 saturated carbocycles. The molecule has 0 spiro atoms. The van der Waals surface area contributed by atoms with E-state index in [1.165, 1.54) is 0 Å². The minimum Gasteiger partial charge on any atom is -0.370 e. The van der Waals surface area contributed by atoms with Crippen molar-refractivity contribution in [3.8, 4) is 0 Å². The molecule has 1 unspecified atom stereocenters. The second-order valence-electron chi connectivity index (χ2n) is 4.02. The van der Waals surface area contributed by atoms with Crippen molar-refractivity contribution >= 4 is 5.91 Å². The lowest BCUT2D eigenvalue weighted by Gasteiger charge is -2.16. The maximum atomic E-state index is 11.0. The van der Waals surface area contributed by atoms with Gasteiger partial charge in [-0.15, -0.1) is 0 Å². The number of hydrogen-bond donors (Lipinski definition) is 2. The van der Waals surface area contributed by atoms with Crippen LogP contribution < -0.4 is 11.1 Å². The van der Waals surface area contributed by atoms with Crippen molar-refractivity contribution in [1.82, 2.24) is 15.1 Å². The Morgan fingerprint density at radius 2 is 2.38 bits per heavy atom. The van der Waals surface area contributed by atoms with Crippen LogP contribution in [0.1, 0.15) is 37.1 Å². The summed E-state index contributed by atoms with van der Waals surface area (Å²) in [6, 6.07) is -0.0221. The quantitative estimate of drug-likeness (QED) is 0.745. The summed E-state index contributed by atoms with van der Waals surface area (Å²) in [4.78, 5) is 11.0. The summed E-state index contributed by atoms with van der Waals surface area (Å²) in [6.07, 6.45) is 3.27. The first kappa shape index (κ1) is 12.7. The van der Waals surface area contributed by atoms with Gasteiger partial charge in [0.25, 0.3) is 0 Å². The molecule has 0 radical (unpaired) electrons. The Morgan fingerprint density at radius 1 is 1.69 bits per heavy atom. The highest BCUT2D eigenvalue weighted by atomic mass is 16.1. The molecule has 1 atom stereocenters. The third-order valence-corrected chi connectivity index (χ3v) is 2.47. The van der Waals surface area contributed by atoms with Crippen LogP contribution in [0.15, 0.2) is 6.20 Å². The Morgan fingerprint density at radius 3 is 2.81 bits per heavy atom. The zero-order valence-electron chi connectivity index (χ0n) is 10.2. The van der Waals surface area contributed by atoms with Gasteiger partial charge in [-0.25, -0.2) is 0 Å². The third-order valence-electron chi connectivity index (χ3n) is 2.47. The van der Waals surface area contributed by atoms with E-state index in [1.54, 1.807) is 4.68 Å². The van der Waals surface area contributed by atoms with Crippen LogP contribution in [0.25, 0.3) is 0 Å². The van der Waals surface area contributed by atoms with Crippen molar-refractivity contribution in [3.63, 3.8) is 0 Å². The molecule has 90 valence electrons. The molecule has 0 saturated heterocycles. The minimum absolute atomic E-state index is 0.0221. The number of primary amides is 1. The Bertz CT molecular complexity index is 359. The van der Waals surface area contributed by atoms with Gasteiger partial charge in [-0.2, -0.15) is 5.10 Å². The second kappa shape index (κ2) is 5.65. The van der Waals surface area contributed by atoms with E-state index in [0.29, 0.717) is 6.42 Å². The molecule has 1 aromatic rings. The molecule has 0 aromatic carbocycles. The lowest BCUT2D eigenvalue weighted by atomic mass is 10.0. The molecule has 1 heterocycles. The van der Waals surface area contributed by atoms with Crippen molar-refractivity contribution in [2.45, 2.75) is 32.7 Å². The van der Waals surface area contributed by atoms with Gasteiger partial charge in [0.2, 0.25) is 5.91 Å². The second-order valence-corrected chi connectivity index (χ2v) is 4.02. The summed E-state index contributed by atoms with van der Waals surface area (Å²) in [5, 5.41) is 7.59. The summed E-state index contributed by atoms with van der Waals surface area (Å²) in [7, 11) is 1.87. The fourth-order valence-electron chi connectivity index (χ4n) is 1.77. The number of carbonyl (C=O) groups excluding carboxylic acids is 1. The first-order chi connectivity index (χ1) is 7.54. The van der Waals surface area contributed by atoms with Gasteiger partial charge in [-0.05, 0) is 19.9 Å². The van der Waals surface area contributed by atoms with E-state index in [2.05, 4.69) is 17.3 Å². The van der Waals surface area contributed by atoms with E-state index in [-0.39, 0.29) is 11.9 Å². The van der Waals surface area contributed by atoms with Gasteiger partial charge in [0.15, 0.2) is 0 Å². The largest absolute Gasteiger partial charge is 0.370 e. The summed E-state index contributed by atoms with van der Waals surface area (Å²) < 4.78 is 1.76. The standard InChI is InChI=1S/C11H20N4O/c1-4-5-13-10(6-11(12)16)9-7-15(3)14-8(9)2/h7,10,13H,4-6H2,1-3H3,(H2,12,16). The molecule has 1 aromatic heterocycles. The first-order valence-electron chi connectivity index (χ1n) is 5.56. The third kappa shape index (κ3) is 3.34. The highest BCUT2D eigenvalue weighted by molar-refractivity contribution is 5.74. The van der Waals surface area contributed by atoms with E-state index in [4.69, 9.17) is 5.73 Å². The van der Waals surface area contributed by atoms with Crippen molar-refractivity contribution in [3.05, 3.63) is 17.5 Å². The molecule has 5 heteroatoms. The van der Waals surface area contributed by atoms with Gasteiger partial charge in [0.05, 0.1) is 5.69 Å². The number of amides is 1. The van der Waals surface area contributed by atoms with E-state index >= 15 is 0 Å². The number of carbonyl (C=O) groups is 1. The van der Waals surface area contributed by atoms with Crippen molar-refractivity contribution in [1.29, 1.82) is 0 Å². The number of nitrogens with zero attached hydrogens (tertiary/aromatic N) is 2. The van der Waals surface area contributed by atoms with E-state index in [9.17, 15) is 4.79 Å². The molecule has 0 aliphatic heterocycles. The number of aromatic nitrogens is 2. The normalized spacial score (nSPS) is 12.7. The highest BCUT2D eigenvalue weighted by Crippen LogP contribution is 2.19. The Balaban J connectivity index is 2.82. The van der Waals surface area contributed by atoms with E-state index < -0.39 is 0 Å². The predicted molar refractivity (Wildman–Crippen MR) is 62.8 cm³/mol. The Hall–Kier alpha value is -1.36. The average Bonchev–Trinajstić information content (AvgIpc) is 2.52. The summed E-state index contributed by atoms with van der Waals surface area (Å²) in [6.45, 7) is 4.90. The van der Waals surface area contributed by atoms with Gasteiger partial charge in [0, 0.05) is 31.3 Å². The zero-order valence-corrected chi connectivity index (χ0v) is 10.2. The molecule has 0 fully saturated rings. The molecule has 3 N–H and O–H groups in total. The van der Waals surface area contributed by atoms with Crippen molar-refractivity contribution in [2.24, 2.45) is 12.8 Å². The van der Waals surface area contributed by atoms with Gasteiger partial charge < -0.3 is 11.1 Å². The Labute approximate surface area is 96.0 Å². The number of nitrogens with two attached hydrogens (primary N) is 1. The molecular weight excluding hydrogens is 204 g/mol. The van der Waals surface area contributed by atoms with Gasteiger partial charge in [0.1, 0.15) is 0 Å². The molecular formula is C11H20N4O. The summed E-state index contributed by atoms with van der Waals surface area (Å²) in [5.74, 6) is -0.295. The van der Waals surface area contributed by atoms with Crippen LogP contribution in [0, 0.1) is 6.92 Å². The first-order valence-corrected chi connectivity index (χ1v) is 5.56. The van der Waals surface area contributed by atoms with Gasteiger partial charge >= 0.3 is 0 Å². The number of rotatable bonds is 6. The number of aryl methyl sites for hydroxylation is 2. The number of hydrogen-bond acceptors (Lipinski definition) is 3. The average molecular weight is 224 g/mol. The van der Waals surface area contributed by atoms with Crippen molar-refractivity contribution < 1.29 is 4.79 Å². The number of nitrogens with one attached hydrogen (secondary N) is 1. The van der Waals surface area contributed by atoms with Crippen LogP contribution in [-0.4, -0.2) is 22.2 Å². The zero-order chi connectivity index (χ0) is 12.1. The summed E-state index contributed by atoms with van der Waals surface area (Å²) >= 11 is 0. The molecule has 16 heavy (non-hydrogen) atoms. The van der Waals surface area contributed by atoms with Crippen LogP contribution in [0.4, 0.5) is 0 Å². The smallest absolute Gasteiger partial charge is 0.219 e. The topological polar surface area (TPSA) is 72.9 Å². The lowest BCUT2D eigenvalue weighted by Crippen LogP contribution is -2.27. The van der Waals surface area contributed by atoms with Crippen molar-refractivity contribution in [2.75, 3.05) is 6.54 Å². The van der Waals surface area contributed by atoms with Gasteiger partial charge in [-0.3, -0.25) is 9.48 Å². The fourth-order valence-corrected chi connectivity index (χ4v) is 1.77. The SMILES string of the molecule is CCCNC(CC(N)=O)c1cn(C)nc1C. The van der Waals surface area contributed by atoms with E-state index in [0.717, 1.165) is 24.2 Å². The van der Waals surface area contributed by atoms with Crippen LogP contribution in [0.5, 0.6) is 0 Å². The van der Waals surface area contributed by atoms with E-state index in [1.807, 2.05) is 20.2 Å². The molecule has 1 amide bonds. The molecule has 1 rings (SSSR count). The molecule has 0 aliphatic carbocycles. The van der Waals surface area contributed by atoms with Gasteiger partial charge in [-0.1, -0.05) is 6.92 Å². The minimum atomic E-state index is -0.295. The highest BCUT2D eigenvalue weighted by Gasteiger charge is 2.17. The van der Waals surface area contributed by atoms with Crippen LogP contribution in [0.2, 0.25) is 0 Å². The molecule has 5 nitrogen and oxygen atoms in total. The monoisotopic (exact) mass is 224 g/mol. The molecule has 0 bridgehead atoms.